The Balaban J connectivity index is 2.86. The van der Waals surface area contributed by atoms with E-state index in [1.807, 2.05) is 0 Å². The Morgan fingerprint density at radius 1 is 1.47 bits per heavy atom. The van der Waals surface area contributed by atoms with Crippen molar-refractivity contribution in [2.45, 2.75) is 33.2 Å². The molecule has 1 aromatic heterocycles. The molecule has 0 aliphatic carbocycles. The molecule has 0 aliphatic heterocycles. The van der Waals surface area contributed by atoms with E-state index < -0.39 is 11.5 Å². The molecule has 0 radical (unpaired) electrons. The SMILES string of the molecule is CC(C)C(=O)Nc1cnn(C(C)(C)C(=O)O)c1. The second-order valence-corrected chi connectivity index (χ2v) is 4.68. The number of anilines is 1. The lowest BCUT2D eigenvalue weighted by Crippen LogP contribution is -2.35. The van der Waals surface area contributed by atoms with Crippen LogP contribution in [0.4, 0.5) is 5.69 Å². The number of nitrogens with one attached hydrogen (secondary N) is 1. The van der Waals surface area contributed by atoms with E-state index in [0.717, 1.165) is 0 Å². The minimum Gasteiger partial charge on any atom is -0.479 e. The summed E-state index contributed by atoms with van der Waals surface area (Å²) in [7, 11) is 0. The van der Waals surface area contributed by atoms with E-state index in [0.29, 0.717) is 5.69 Å². The summed E-state index contributed by atoms with van der Waals surface area (Å²) in [6.45, 7) is 6.63. The molecule has 94 valence electrons. The van der Waals surface area contributed by atoms with Crippen molar-refractivity contribution in [3.63, 3.8) is 0 Å². The number of hydrogen-bond donors (Lipinski definition) is 2. The monoisotopic (exact) mass is 239 g/mol. The predicted molar refractivity (Wildman–Crippen MR) is 62.7 cm³/mol. The lowest BCUT2D eigenvalue weighted by atomic mass is 10.1. The van der Waals surface area contributed by atoms with Crippen LogP contribution in [-0.4, -0.2) is 26.8 Å². The average Bonchev–Trinajstić information content (AvgIpc) is 2.66. The Kier molecular flexibility index (Phi) is 3.55. The van der Waals surface area contributed by atoms with Crippen molar-refractivity contribution in [3.05, 3.63) is 12.4 Å². The van der Waals surface area contributed by atoms with Crippen LogP contribution in [0.1, 0.15) is 27.7 Å². The average molecular weight is 239 g/mol. The molecule has 1 aromatic rings. The molecular weight excluding hydrogens is 222 g/mol. The van der Waals surface area contributed by atoms with Crippen LogP contribution in [0.2, 0.25) is 0 Å². The van der Waals surface area contributed by atoms with Crippen molar-refractivity contribution >= 4 is 17.6 Å². The molecule has 1 rings (SSSR count). The fourth-order valence-corrected chi connectivity index (χ4v) is 1.08. The normalized spacial score (nSPS) is 11.6. The summed E-state index contributed by atoms with van der Waals surface area (Å²) in [4.78, 5) is 22.5. The van der Waals surface area contributed by atoms with E-state index in [9.17, 15) is 9.59 Å². The number of aromatic nitrogens is 2. The number of amides is 1. The van der Waals surface area contributed by atoms with Gasteiger partial charge in [0.15, 0.2) is 5.54 Å². The molecule has 6 nitrogen and oxygen atoms in total. The number of aliphatic carboxylic acids is 1. The standard InChI is InChI=1S/C11H17N3O3/c1-7(2)9(15)13-8-5-12-14(6-8)11(3,4)10(16)17/h5-7H,1-4H3,(H,13,15)(H,16,17). The maximum absolute atomic E-state index is 11.4. The summed E-state index contributed by atoms with van der Waals surface area (Å²) in [5, 5.41) is 15.6. The van der Waals surface area contributed by atoms with Gasteiger partial charge in [-0.25, -0.2) is 4.79 Å². The topological polar surface area (TPSA) is 84.2 Å². The highest BCUT2D eigenvalue weighted by Crippen LogP contribution is 2.17. The summed E-state index contributed by atoms with van der Waals surface area (Å²) >= 11 is 0. The van der Waals surface area contributed by atoms with Crippen LogP contribution in [0.5, 0.6) is 0 Å². The molecule has 2 N–H and O–H groups in total. The van der Waals surface area contributed by atoms with E-state index in [1.165, 1.54) is 30.9 Å². The van der Waals surface area contributed by atoms with E-state index in [2.05, 4.69) is 10.4 Å². The van der Waals surface area contributed by atoms with Crippen LogP contribution < -0.4 is 5.32 Å². The van der Waals surface area contributed by atoms with Gasteiger partial charge >= 0.3 is 5.97 Å². The van der Waals surface area contributed by atoms with Crippen molar-refractivity contribution in [3.8, 4) is 0 Å². The summed E-state index contributed by atoms with van der Waals surface area (Å²) in [6, 6.07) is 0. The summed E-state index contributed by atoms with van der Waals surface area (Å²) in [6.07, 6.45) is 2.94. The lowest BCUT2D eigenvalue weighted by molar-refractivity contribution is -0.146. The summed E-state index contributed by atoms with van der Waals surface area (Å²) in [5.74, 6) is -1.24. The van der Waals surface area contributed by atoms with E-state index in [1.54, 1.807) is 13.8 Å². The molecule has 0 aliphatic rings. The third kappa shape index (κ3) is 2.83. The van der Waals surface area contributed by atoms with E-state index in [4.69, 9.17) is 5.11 Å². The molecule has 0 spiro atoms. The van der Waals surface area contributed by atoms with Crippen molar-refractivity contribution in [1.82, 2.24) is 9.78 Å². The Bertz CT molecular complexity index is 435. The number of rotatable bonds is 4. The molecule has 17 heavy (non-hydrogen) atoms. The van der Waals surface area contributed by atoms with Gasteiger partial charge in [0.25, 0.3) is 0 Å². The number of carboxylic acids is 1. The van der Waals surface area contributed by atoms with Crippen molar-refractivity contribution in [1.29, 1.82) is 0 Å². The molecule has 1 heterocycles. The van der Waals surface area contributed by atoms with Crippen LogP contribution in [-0.2, 0) is 15.1 Å². The third-order valence-electron chi connectivity index (χ3n) is 2.47. The van der Waals surface area contributed by atoms with E-state index >= 15 is 0 Å². The number of carbonyl (C=O) groups excluding carboxylic acids is 1. The molecule has 0 unspecified atom stereocenters. The van der Waals surface area contributed by atoms with E-state index in [-0.39, 0.29) is 11.8 Å². The van der Waals surface area contributed by atoms with Gasteiger partial charge in [-0.3, -0.25) is 9.48 Å². The van der Waals surface area contributed by atoms with Crippen LogP contribution in [0.25, 0.3) is 0 Å². The molecular formula is C11H17N3O3. The van der Waals surface area contributed by atoms with Crippen molar-refractivity contribution in [2.24, 2.45) is 5.92 Å². The zero-order valence-corrected chi connectivity index (χ0v) is 10.4. The maximum atomic E-state index is 11.4. The molecule has 0 atom stereocenters. The summed E-state index contributed by atoms with van der Waals surface area (Å²) in [5.41, 5.74) is -0.640. The second kappa shape index (κ2) is 4.57. The van der Waals surface area contributed by atoms with Gasteiger partial charge in [0.1, 0.15) is 0 Å². The Labute approximate surface area is 99.6 Å². The first-order valence-electron chi connectivity index (χ1n) is 5.34. The fourth-order valence-electron chi connectivity index (χ4n) is 1.08. The molecule has 0 saturated heterocycles. The number of carboxylic acid groups (broad SMARTS) is 1. The first-order chi connectivity index (χ1) is 7.75. The Morgan fingerprint density at radius 3 is 2.53 bits per heavy atom. The first kappa shape index (κ1) is 13.2. The highest BCUT2D eigenvalue weighted by molar-refractivity contribution is 5.91. The quantitative estimate of drug-likeness (QED) is 0.829. The zero-order valence-electron chi connectivity index (χ0n) is 10.4. The number of nitrogens with zero attached hydrogens (tertiary/aromatic N) is 2. The number of hydrogen-bond acceptors (Lipinski definition) is 3. The second-order valence-electron chi connectivity index (χ2n) is 4.68. The van der Waals surface area contributed by atoms with Crippen LogP contribution >= 0.6 is 0 Å². The predicted octanol–water partition coefficient (Wildman–Crippen LogP) is 1.30. The maximum Gasteiger partial charge on any atom is 0.331 e. The van der Waals surface area contributed by atoms with Gasteiger partial charge in [-0.15, -0.1) is 0 Å². The summed E-state index contributed by atoms with van der Waals surface area (Å²) < 4.78 is 1.31. The third-order valence-corrected chi connectivity index (χ3v) is 2.47. The lowest BCUT2D eigenvalue weighted by Gasteiger charge is -2.19. The largest absolute Gasteiger partial charge is 0.479 e. The Hall–Kier alpha value is -1.85. The van der Waals surface area contributed by atoms with Gasteiger partial charge in [-0.05, 0) is 13.8 Å². The van der Waals surface area contributed by atoms with Crippen molar-refractivity contribution < 1.29 is 14.7 Å². The van der Waals surface area contributed by atoms with Gasteiger partial charge in [-0.1, -0.05) is 13.8 Å². The van der Waals surface area contributed by atoms with Gasteiger partial charge < -0.3 is 10.4 Å². The van der Waals surface area contributed by atoms with Crippen LogP contribution in [0.15, 0.2) is 12.4 Å². The van der Waals surface area contributed by atoms with Crippen LogP contribution in [0.3, 0.4) is 0 Å². The minimum absolute atomic E-state index is 0.127. The van der Waals surface area contributed by atoms with Gasteiger partial charge in [0.2, 0.25) is 5.91 Å². The molecule has 0 saturated carbocycles. The van der Waals surface area contributed by atoms with Crippen molar-refractivity contribution in [2.75, 3.05) is 5.32 Å². The fraction of sp³-hybridized carbons (Fsp3) is 0.545. The molecule has 1 amide bonds. The van der Waals surface area contributed by atoms with Crippen LogP contribution in [0, 0.1) is 5.92 Å². The zero-order chi connectivity index (χ0) is 13.2. The Morgan fingerprint density at radius 2 is 2.06 bits per heavy atom. The highest BCUT2D eigenvalue weighted by atomic mass is 16.4. The molecule has 6 heteroatoms. The molecule has 0 aromatic carbocycles. The highest BCUT2D eigenvalue weighted by Gasteiger charge is 2.30. The van der Waals surface area contributed by atoms with Gasteiger partial charge in [-0.2, -0.15) is 5.10 Å². The molecule has 0 bridgehead atoms. The number of carbonyl (C=O) groups is 2. The minimum atomic E-state index is -1.14. The van der Waals surface area contributed by atoms with Gasteiger partial charge in [0.05, 0.1) is 11.9 Å². The molecule has 0 fully saturated rings. The van der Waals surface area contributed by atoms with Gasteiger partial charge in [0, 0.05) is 12.1 Å². The first-order valence-corrected chi connectivity index (χ1v) is 5.34. The smallest absolute Gasteiger partial charge is 0.331 e.